The van der Waals surface area contributed by atoms with Gasteiger partial charge >= 0.3 is 5.97 Å². The molecule has 8 heteroatoms. The fraction of sp³-hybridized carbons (Fsp3) is 0.500. The monoisotopic (exact) mass is 434 g/mol. The average Bonchev–Trinajstić information content (AvgIpc) is 2.97. The minimum absolute atomic E-state index is 0.00316. The van der Waals surface area contributed by atoms with E-state index in [1.54, 1.807) is 19.1 Å². The molecule has 7 nitrogen and oxygen atoms in total. The maximum absolute atomic E-state index is 13.3. The molecule has 30 heavy (non-hydrogen) atoms. The van der Waals surface area contributed by atoms with Crippen LogP contribution in [0.3, 0.4) is 0 Å². The second-order valence-corrected chi connectivity index (χ2v) is 8.15. The number of hydrogen-bond donors (Lipinski definition) is 2. The third-order valence-corrected chi connectivity index (χ3v) is 6.23. The highest BCUT2D eigenvalue weighted by molar-refractivity contribution is 6.34. The highest BCUT2D eigenvalue weighted by atomic mass is 35.5. The number of allylic oxidation sites excluding steroid dienone is 1. The molecule has 5 atom stereocenters. The molecule has 1 heterocycles. The van der Waals surface area contributed by atoms with Gasteiger partial charge in [0.25, 0.3) is 0 Å². The minimum atomic E-state index is -0.856. The molecular formula is C22H27ClN2O5. The van der Waals surface area contributed by atoms with Crippen molar-refractivity contribution < 1.29 is 24.2 Å². The number of ether oxygens (including phenoxy) is 1. The highest BCUT2D eigenvalue weighted by Crippen LogP contribution is 2.44. The predicted octanol–water partition coefficient (Wildman–Crippen LogP) is 2.41. The van der Waals surface area contributed by atoms with Crippen LogP contribution in [0.2, 0.25) is 5.02 Å². The lowest BCUT2D eigenvalue weighted by molar-refractivity contribution is -0.155. The van der Waals surface area contributed by atoms with Gasteiger partial charge in [-0.3, -0.25) is 14.4 Å². The first-order valence-corrected chi connectivity index (χ1v) is 10.5. The van der Waals surface area contributed by atoms with Gasteiger partial charge in [0.2, 0.25) is 11.8 Å². The summed E-state index contributed by atoms with van der Waals surface area (Å²) in [5, 5.41) is 12.8. The number of fused-ring (bicyclic) bond motifs is 1. The number of carbonyl (C=O) groups is 3. The van der Waals surface area contributed by atoms with Crippen molar-refractivity contribution in [1.82, 2.24) is 4.90 Å². The molecule has 0 aromatic heterocycles. The fourth-order valence-electron chi connectivity index (χ4n) is 4.53. The second kappa shape index (κ2) is 9.18. The molecule has 1 aliphatic heterocycles. The summed E-state index contributed by atoms with van der Waals surface area (Å²) in [5.74, 6) is -3.24. The fourth-order valence-corrected chi connectivity index (χ4v) is 4.80. The van der Waals surface area contributed by atoms with Crippen LogP contribution in [-0.2, 0) is 19.1 Å². The summed E-state index contributed by atoms with van der Waals surface area (Å²) < 4.78 is 5.22. The molecule has 2 amide bonds. The van der Waals surface area contributed by atoms with Crippen molar-refractivity contribution in [3.05, 3.63) is 40.9 Å². The van der Waals surface area contributed by atoms with Crippen LogP contribution in [0.25, 0.3) is 0 Å². The van der Waals surface area contributed by atoms with Crippen molar-refractivity contribution in [2.45, 2.75) is 26.8 Å². The summed E-state index contributed by atoms with van der Waals surface area (Å²) in [4.78, 5) is 40.5. The number of esters is 1. The van der Waals surface area contributed by atoms with E-state index in [0.29, 0.717) is 10.7 Å². The molecule has 0 spiro atoms. The largest absolute Gasteiger partial charge is 0.466 e. The van der Waals surface area contributed by atoms with Crippen molar-refractivity contribution in [2.75, 3.05) is 25.1 Å². The number of nitrogens with zero attached hydrogens (tertiary/aromatic N) is 1. The van der Waals surface area contributed by atoms with Crippen molar-refractivity contribution in [3.63, 3.8) is 0 Å². The molecule has 0 unspecified atom stereocenters. The number of carbonyl (C=O) groups excluding carboxylic acids is 3. The van der Waals surface area contributed by atoms with E-state index in [1.165, 1.54) is 4.90 Å². The van der Waals surface area contributed by atoms with Crippen LogP contribution in [0.4, 0.5) is 5.69 Å². The summed E-state index contributed by atoms with van der Waals surface area (Å²) in [6.07, 6.45) is 3.70. The molecule has 0 radical (unpaired) electrons. The maximum Gasteiger partial charge on any atom is 0.310 e. The molecular weight excluding hydrogens is 408 g/mol. The van der Waals surface area contributed by atoms with Gasteiger partial charge < -0.3 is 20.1 Å². The number of likely N-dealkylation sites (tertiary alicyclic amines) is 1. The van der Waals surface area contributed by atoms with Crippen molar-refractivity contribution in [1.29, 1.82) is 0 Å². The van der Waals surface area contributed by atoms with Gasteiger partial charge in [-0.2, -0.15) is 0 Å². The smallest absolute Gasteiger partial charge is 0.310 e. The Kier molecular flexibility index (Phi) is 6.83. The number of hydrogen-bond acceptors (Lipinski definition) is 5. The molecule has 0 saturated carbocycles. The zero-order valence-corrected chi connectivity index (χ0v) is 18.1. The van der Waals surface area contributed by atoms with Gasteiger partial charge in [-0.15, -0.1) is 0 Å². The lowest BCUT2D eigenvalue weighted by atomic mass is 9.70. The van der Waals surface area contributed by atoms with Crippen LogP contribution in [0, 0.1) is 30.6 Å². The number of rotatable bonds is 6. The van der Waals surface area contributed by atoms with E-state index in [2.05, 4.69) is 5.32 Å². The van der Waals surface area contributed by atoms with Crippen molar-refractivity contribution >= 4 is 35.1 Å². The predicted molar refractivity (Wildman–Crippen MR) is 113 cm³/mol. The first-order chi connectivity index (χ1) is 14.3. The van der Waals surface area contributed by atoms with E-state index in [-0.39, 0.29) is 31.6 Å². The summed E-state index contributed by atoms with van der Waals surface area (Å²) >= 11 is 6.25. The van der Waals surface area contributed by atoms with Crippen molar-refractivity contribution in [3.8, 4) is 0 Å². The Bertz CT molecular complexity index is 851. The van der Waals surface area contributed by atoms with E-state index in [9.17, 15) is 19.5 Å². The zero-order valence-electron chi connectivity index (χ0n) is 17.3. The summed E-state index contributed by atoms with van der Waals surface area (Å²) in [6, 6.07) is 4.44. The van der Waals surface area contributed by atoms with Gasteiger partial charge in [0.15, 0.2) is 0 Å². The third kappa shape index (κ3) is 3.96. The Balaban J connectivity index is 1.96. The molecule has 2 aliphatic rings. The summed E-state index contributed by atoms with van der Waals surface area (Å²) in [6.45, 7) is 5.34. The Labute approximate surface area is 181 Å². The number of para-hydroxylation sites is 1. The molecule has 1 fully saturated rings. The van der Waals surface area contributed by atoms with Crippen LogP contribution >= 0.6 is 11.6 Å². The quantitative estimate of drug-likeness (QED) is 0.529. The highest BCUT2D eigenvalue weighted by Gasteiger charge is 2.57. The molecule has 3 rings (SSSR count). The average molecular weight is 435 g/mol. The maximum atomic E-state index is 13.3. The van der Waals surface area contributed by atoms with Crippen LogP contribution < -0.4 is 5.32 Å². The minimum Gasteiger partial charge on any atom is -0.466 e. The van der Waals surface area contributed by atoms with Crippen LogP contribution in [0.5, 0.6) is 0 Å². The Hall–Kier alpha value is -2.38. The van der Waals surface area contributed by atoms with E-state index in [4.69, 9.17) is 16.3 Å². The van der Waals surface area contributed by atoms with Gasteiger partial charge in [-0.1, -0.05) is 42.8 Å². The number of β-amino-alcohol motifs (C(OH)–C–C–N with tert-alkyl or cyclic N) is 1. The van der Waals surface area contributed by atoms with Crippen LogP contribution in [-0.4, -0.2) is 53.6 Å². The van der Waals surface area contributed by atoms with Gasteiger partial charge in [-0.05, 0) is 31.4 Å². The Morgan fingerprint density at radius 1 is 1.30 bits per heavy atom. The van der Waals surface area contributed by atoms with Crippen LogP contribution in [0.1, 0.15) is 19.4 Å². The molecule has 1 aromatic rings. The number of nitrogens with one attached hydrogen (secondary N) is 1. The Morgan fingerprint density at radius 3 is 2.67 bits per heavy atom. The Morgan fingerprint density at radius 2 is 2.03 bits per heavy atom. The van der Waals surface area contributed by atoms with Gasteiger partial charge in [-0.25, -0.2) is 0 Å². The zero-order chi connectivity index (χ0) is 22.0. The molecule has 162 valence electrons. The number of anilines is 1. The SMILES string of the molecule is CCOC(=O)[C@H]1[C@@H]2C(=O)N(CCO)[C@H](C(=O)Nc3c(C)cccc3Cl)[C@H]2C=C[C@H]1C. The first-order valence-electron chi connectivity index (χ1n) is 10.1. The van der Waals surface area contributed by atoms with Gasteiger partial charge in [0, 0.05) is 12.5 Å². The number of aliphatic hydroxyl groups is 1. The lowest BCUT2D eigenvalue weighted by Crippen LogP contribution is -2.45. The third-order valence-electron chi connectivity index (χ3n) is 5.91. The lowest BCUT2D eigenvalue weighted by Gasteiger charge is -2.32. The topological polar surface area (TPSA) is 95.9 Å². The molecule has 2 N–H and O–H groups in total. The number of amides is 2. The van der Waals surface area contributed by atoms with Crippen molar-refractivity contribution in [2.24, 2.45) is 23.7 Å². The van der Waals surface area contributed by atoms with Gasteiger partial charge in [0.05, 0.1) is 35.8 Å². The molecule has 0 bridgehead atoms. The number of benzene rings is 1. The molecule has 1 saturated heterocycles. The number of halogens is 1. The number of aryl methyl sites for hydroxylation is 1. The van der Waals surface area contributed by atoms with E-state index in [1.807, 2.05) is 32.1 Å². The normalized spacial score (nSPS) is 27.7. The van der Waals surface area contributed by atoms with E-state index >= 15 is 0 Å². The first kappa shape index (κ1) is 22.3. The number of aliphatic hydroxyl groups excluding tert-OH is 1. The van der Waals surface area contributed by atoms with Crippen LogP contribution in [0.15, 0.2) is 30.4 Å². The van der Waals surface area contributed by atoms with Gasteiger partial charge in [0.1, 0.15) is 6.04 Å². The molecule has 1 aromatic carbocycles. The standard InChI is InChI=1S/C22H27ClN2O5/c1-4-30-22(29)16-12(2)8-9-14-17(16)21(28)25(10-11-26)19(14)20(27)24-18-13(3)6-5-7-15(18)23/h5-9,12,14,16-17,19,26H,4,10-11H2,1-3H3,(H,24,27)/t12-,14+,16-,17-,19+/m1/s1. The second-order valence-electron chi connectivity index (χ2n) is 7.75. The van der Waals surface area contributed by atoms with E-state index in [0.717, 1.165) is 5.56 Å². The summed E-state index contributed by atoms with van der Waals surface area (Å²) in [7, 11) is 0. The summed E-state index contributed by atoms with van der Waals surface area (Å²) in [5.41, 5.74) is 1.28. The molecule has 1 aliphatic carbocycles. The van der Waals surface area contributed by atoms with E-state index < -0.39 is 35.7 Å².